The standard InChI is InChI=1S/C18H15F2N5O/c1-11-23-15(18(26)22-10-12-4-3-7-21-9-12)8-16(24-11)25-17-13(19)5-2-6-14(17)20/h2-9H,10H2,1H3,(H,22,26)(H,23,24,25). The maximum atomic E-state index is 13.8. The van der Waals surface area contributed by atoms with Crippen molar-refractivity contribution in [3.63, 3.8) is 0 Å². The zero-order valence-electron chi connectivity index (χ0n) is 13.8. The van der Waals surface area contributed by atoms with E-state index in [2.05, 4.69) is 25.6 Å². The van der Waals surface area contributed by atoms with Crippen molar-refractivity contribution >= 4 is 17.4 Å². The van der Waals surface area contributed by atoms with Crippen LogP contribution in [0.2, 0.25) is 0 Å². The Hall–Kier alpha value is -3.42. The number of para-hydroxylation sites is 1. The molecule has 6 nitrogen and oxygen atoms in total. The largest absolute Gasteiger partial charge is 0.347 e. The minimum Gasteiger partial charge on any atom is -0.347 e. The number of anilines is 2. The van der Waals surface area contributed by atoms with E-state index >= 15 is 0 Å². The van der Waals surface area contributed by atoms with Gasteiger partial charge in [0.15, 0.2) is 0 Å². The third kappa shape index (κ3) is 4.15. The number of rotatable bonds is 5. The molecule has 3 aromatic rings. The molecule has 3 rings (SSSR count). The first-order valence-corrected chi connectivity index (χ1v) is 7.77. The van der Waals surface area contributed by atoms with E-state index in [9.17, 15) is 13.6 Å². The summed E-state index contributed by atoms with van der Waals surface area (Å²) in [5.41, 5.74) is 0.575. The molecule has 1 amide bonds. The first-order valence-electron chi connectivity index (χ1n) is 7.77. The molecule has 0 unspecified atom stereocenters. The van der Waals surface area contributed by atoms with Gasteiger partial charge in [-0.25, -0.2) is 18.7 Å². The van der Waals surface area contributed by atoms with Crippen LogP contribution in [0.1, 0.15) is 21.9 Å². The number of hydrogen-bond acceptors (Lipinski definition) is 5. The molecule has 2 N–H and O–H groups in total. The second-order valence-electron chi connectivity index (χ2n) is 5.45. The molecule has 2 heterocycles. The van der Waals surface area contributed by atoms with Crippen LogP contribution in [0, 0.1) is 18.6 Å². The van der Waals surface area contributed by atoms with E-state index in [0.717, 1.165) is 17.7 Å². The number of aryl methyl sites for hydroxylation is 1. The topological polar surface area (TPSA) is 79.8 Å². The van der Waals surface area contributed by atoms with E-state index in [4.69, 9.17) is 0 Å². The number of carbonyl (C=O) groups excluding carboxylic acids is 1. The number of pyridine rings is 1. The number of benzene rings is 1. The van der Waals surface area contributed by atoms with E-state index in [1.807, 2.05) is 6.07 Å². The fourth-order valence-corrected chi connectivity index (χ4v) is 2.27. The van der Waals surface area contributed by atoms with Gasteiger partial charge in [0.2, 0.25) is 0 Å². The summed E-state index contributed by atoms with van der Waals surface area (Å²) in [5, 5.41) is 5.27. The molecule has 0 radical (unpaired) electrons. The van der Waals surface area contributed by atoms with Crippen LogP contribution in [0.3, 0.4) is 0 Å². The van der Waals surface area contributed by atoms with Crippen molar-refractivity contribution in [3.8, 4) is 0 Å². The summed E-state index contributed by atoms with van der Waals surface area (Å²) in [4.78, 5) is 24.4. The maximum Gasteiger partial charge on any atom is 0.270 e. The summed E-state index contributed by atoms with van der Waals surface area (Å²) in [5.74, 6) is -1.55. The fourth-order valence-electron chi connectivity index (χ4n) is 2.27. The van der Waals surface area contributed by atoms with Crippen LogP contribution >= 0.6 is 0 Å². The molecule has 0 bridgehead atoms. The maximum absolute atomic E-state index is 13.8. The Bertz CT molecular complexity index is 914. The number of amides is 1. The minimum absolute atomic E-state index is 0.0839. The smallest absolute Gasteiger partial charge is 0.270 e. The first-order chi connectivity index (χ1) is 12.5. The van der Waals surface area contributed by atoms with Crippen LogP contribution in [-0.2, 0) is 6.54 Å². The van der Waals surface area contributed by atoms with Crippen molar-refractivity contribution in [1.82, 2.24) is 20.3 Å². The highest BCUT2D eigenvalue weighted by Gasteiger charge is 2.13. The molecule has 0 saturated carbocycles. The Morgan fingerprint density at radius 3 is 2.58 bits per heavy atom. The summed E-state index contributed by atoms with van der Waals surface area (Å²) < 4.78 is 27.5. The number of aromatic nitrogens is 3. The van der Waals surface area contributed by atoms with Crippen molar-refractivity contribution in [2.75, 3.05) is 5.32 Å². The highest BCUT2D eigenvalue weighted by atomic mass is 19.1. The zero-order chi connectivity index (χ0) is 18.5. The third-order valence-electron chi connectivity index (χ3n) is 3.46. The Balaban J connectivity index is 1.78. The molecule has 132 valence electrons. The van der Waals surface area contributed by atoms with Gasteiger partial charge in [-0.15, -0.1) is 0 Å². The quantitative estimate of drug-likeness (QED) is 0.735. The molecule has 26 heavy (non-hydrogen) atoms. The lowest BCUT2D eigenvalue weighted by Gasteiger charge is -2.10. The summed E-state index contributed by atoms with van der Waals surface area (Å²) in [6.07, 6.45) is 3.28. The summed E-state index contributed by atoms with van der Waals surface area (Å²) in [6, 6.07) is 8.44. The van der Waals surface area contributed by atoms with Gasteiger partial charge >= 0.3 is 0 Å². The molecule has 0 aliphatic rings. The van der Waals surface area contributed by atoms with Gasteiger partial charge in [0.1, 0.15) is 34.7 Å². The third-order valence-corrected chi connectivity index (χ3v) is 3.46. The van der Waals surface area contributed by atoms with E-state index in [0.29, 0.717) is 5.82 Å². The molecular weight excluding hydrogens is 340 g/mol. The van der Waals surface area contributed by atoms with Crippen molar-refractivity contribution in [2.45, 2.75) is 13.5 Å². The Labute approximate surface area is 148 Å². The molecule has 0 fully saturated rings. The number of nitrogens with one attached hydrogen (secondary N) is 2. The Morgan fingerprint density at radius 1 is 1.12 bits per heavy atom. The predicted octanol–water partition coefficient (Wildman–Crippen LogP) is 3.13. The second-order valence-corrected chi connectivity index (χ2v) is 5.45. The van der Waals surface area contributed by atoms with Crippen LogP contribution in [0.25, 0.3) is 0 Å². The van der Waals surface area contributed by atoms with E-state index in [-0.39, 0.29) is 23.7 Å². The van der Waals surface area contributed by atoms with Crippen LogP contribution in [0.4, 0.5) is 20.3 Å². The van der Waals surface area contributed by atoms with Crippen LogP contribution in [0.15, 0.2) is 48.8 Å². The van der Waals surface area contributed by atoms with Gasteiger partial charge in [0.25, 0.3) is 5.91 Å². The van der Waals surface area contributed by atoms with Gasteiger partial charge in [-0.3, -0.25) is 9.78 Å². The lowest BCUT2D eigenvalue weighted by Crippen LogP contribution is -2.24. The van der Waals surface area contributed by atoms with Crippen LogP contribution in [0.5, 0.6) is 0 Å². The predicted molar refractivity (Wildman–Crippen MR) is 91.8 cm³/mol. The Kier molecular flexibility index (Phi) is 5.12. The van der Waals surface area contributed by atoms with Gasteiger partial charge in [-0.2, -0.15) is 0 Å². The highest BCUT2D eigenvalue weighted by Crippen LogP contribution is 2.22. The molecule has 0 aliphatic heterocycles. The second kappa shape index (κ2) is 7.64. The van der Waals surface area contributed by atoms with Gasteiger partial charge < -0.3 is 10.6 Å². The summed E-state index contributed by atoms with van der Waals surface area (Å²) in [7, 11) is 0. The lowest BCUT2D eigenvalue weighted by molar-refractivity contribution is 0.0945. The molecule has 1 aromatic carbocycles. The van der Waals surface area contributed by atoms with Crippen molar-refractivity contribution in [3.05, 3.63) is 77.5 Å². The van der Waals surface area contributed by atoms with Gasteiger partial charge in [-0.1, -0.05) is 12.1 Å². The van der Waals surface area contributed by atoms with E-state index in [1.165, 1.54) is 12.1 Å². The molecule has 0 atom stereocenters. The monoisotopic (exact) mass is 355 g/mol. The number of carbonyl (C=O) groups is 1. The molecule has 8 heteroatoms. The SMILES string of the molecule is Cc1nc(Nc2c(F)cccc2F)cc(C(=O)NCc2cccnc2)n1. The van der Waals surface area contributed by atoms with E-state index in [1.54, 1.807) is 25.4 Å². The van der Waals surface area contributed by atoms with E-state index < -0.39 is 17.5 Å². The molecule has 2 aromatic heterocycles. The van der Waals surface area contributed by atoms with Crippen molar-refractivity contribution in [1.29, 1.82) is 0 Å². The number of halogens is 2. The van der Waals surface area contributed by atoms with Gasteiger partial charge in [0.05, 0.1) is 0 Å². The number of hydrogen-bond donors (Lipinski definition) is 2. The molecular formula is C18H15F2N5O. The summed E-state index contributed by atoms with van der Waals surface area (Å²) >= 11 is 0. The van der Waals surface area contributed by atoms with Crippen LogP contribution < -0.4 is 10.6 Å². The molecule has 0 spiro atoms. The highest BCUT2D eigenvalue weighted by molar-refractivity contribution is 5.93. The first kappa shape index (κ1) is 17.4. The fraction of sp³-hybridized carbons (Fsp3) is 0.111. The van der Waals surface area contributed by atoms with Crippen molar-refractivity contribution in [2.24, 2.45) is 0 Å². The average Bonchev–Trinajstić information content (AvgIpc) is 2.63. The normalized spacial score (nSPS) is 10.4. The summed E-state index contributed by atoms with van der Waals surface area (Å²) in [6.45, 7) is 1.86. The Morgan fingerprint density at radius 2 is 1.88 bits per heavy atom. The molecule has 0 aliphatic carbocycles. The van der Waals surface area contributed by atoms with Gasteiger partial charge in [0, 0.05) is 25.0 Å². The van der Waals surface area contributed by atoms with Gasteiger partial charge in [-0.05, 0) is 30.7 Å². The lowest BCUT2D eigenvalue weighted by atomic mass is 10.2. The average molecular weight is 355 g/mol. The van der Waals surface area contributed by atoms with Crippen LogP contribution in [-0.4, -0.2) is 20.9 Å². The molecule has 0 saturated heterocycles. The minimum atomic E-state index is -0.760. The zero-order valence-corrected chi connectivity index (χ0v) is 13.8. The van der Waals surface area contributed by atoms with Crippen molar-refractivity contribution < 1.29 is 13.6 Å². The number of nitrogens with zero attached hydrogens (tertiary/aromatic N) is 3.